The Balaban J connectivity index is 1.95. The summed E-state index contributed by atoms with van der Waals surface area (Å²) in [7, 11) is 0. The number of nitrogens with one attached hydrogen (secondary N) is 1. The molecule has 0 spiro atoms. The molecule has 140 valence electrons. The molecule has 26 heavy (non-hydrogen) atoms. The Hall–Kier alpha value is -2.51. The molecule has 2 aromatic rings. The molecule has 2 aromatic heterocycles. The summed E-state index contributed by atoms with van der Waals surface area (Å²) in [6.07, 6.45) is 4.70. The number of carbonyl (C=O) groups excluding carboxylic acids is 1. The Labute approximate surface area is 152 Å². The van der Waals surface area contributed by atoms with Gasteiger partial charge in [-0.05, 0) is 32.1 Å². The number of nitrogens with zero attached hydrogens (tertiary/aromatic N) is 4. The molecule has 1 N–H and O–H groups in total. The summed E-state index contributed by atoms with van der Waals surface area (Å²) in [4.78, 5) is 29.6. The molecule has 0 aliphatic heterocycles. The summed E-state index contributed by atoms with van der Waals surface area (Å²) in [5, 5.41) is 10.6. The van der Waals surface area contributed by atoms with Crippen molar-refractivity contribution in [3.8, 4) is 0 Å². The normalized spacial score (nSPS) is 15.3. The average molecular weight is 359 g/mol. The van der Waals surface area contributed by atoms with Gasteiger partial charge in [-0.15, -0.1) is 0 Å². The van der Waals surface area contributed by atoms with E-state index in [1.807, 2.05) is 13.8 Å². The Morgan fingerprint density at radius 1 is 1.38 bits per heavy atom. The smallest absolute Gasteiger partial charge is 0.293 e. The summed E-state index contributed by atoms with van der Waals surface area (Å²) >= 11 is 0. The lowest BCUT2D eigenvalue weighted by Crippen LogP contribution is -2.32. The van der Waals surface area contributed by atoms with E-state index in [0.717, 1.165) is 18.5 Å². The molecule has 1 atom stereocenters. The zero-order valence-electron chi connectivity index (χ0n) is 15.7. The molecule has 3 rings (SSSR count). The molecule has 2 heterocycles. The predicted molar refractivity (Wildman–Crippen MR) is 96.0 cm³/mol. The molecule has 1 aliphatic rings. The fourth-order valence-corrected chi connectivity index (χ4v) is 2.88. The molecule has 0 bridgehead atoms. The standard InChI is InChI=1S/C18H25N5O3/c1-10(2)15-9-23(16(12(4)24)7-13-5-6-13)18(25)17(20-15)19-8-14-11(3)21-26-22-14/h9-10,13,16H,5-8H2,1-4H3,(H,19,20). The summed E-state index contributed by atoms with van der Waals surface area (Å²) in [5.74, 6) is 0.890. The third kappa shape index (κ3) is 4.00. The van der Waals surface area contributed by atoms with Crippen molar-refractivity contribution in [2.45, 2.75) is 65.5 Å². The zero-order chi connectivity index (χ0) is 18.8. The van der Waals surface area contributed by atoms with Crippen LogP contribution in [0, 0.1) is 12.8 Å². The van der Waals surface area contributed by atoms with Crippen LogP contribution in [0.25, 0.3) is 0 Å². The molecule has 1 fully saturated rings. The lowest BCUT2D eigenvalue weighted by Gasteiger charge is -2.20. The molecule has 1 unspecified atom stereocenters. The Morgan fingerprint density at radius 3 is 2.65 bits per heavy atom. The van der Waals surface area contributed by atoms with Gasteiger partial charge >= 0.3 is 0 Å². The van der Waals surface area contributed by atoms with Gasteiger partial charge in [-0.25, -0.2) is 9.61 Å². The molecule has 0 aromatic carbocycles. The zero-order valence-corrected chi connectivity index (χ0v) is 15.7. The molecule has 1 saturated carbocycles. The van der Waals surface area contributed by atoms with Crippen LogP contribution in [0.5, 0.6) is 0 Å². The van der Waals surface area contributed by atoms with Gasteiger partial charge in [-0.1, -0.05) is 37.0 Å². The topological polar surface area (TPSA) is 103 Å². The average Bonchev–Trinajstić information content (AvgIpc) is 3.32. The highest BCUT2D eigenvalue weighted by molar-refractivity contribution is 5.80. The molecule has 8 nitrogen and oxygen atoms in total. The van der Waals surface area contributed by atoms with Gasteiger partial charge in [0.05, 0.1) is 18.3 Å². The summed E-state index contributed by atoms with van der Waals surface area (Å²) in [6, 6.07) is -0.438. The van der Waals surface area contributed by atoms with Crippen LogP contribution in [0.2, 0.25) is 0 Å². The van der Waals surface area contributed by atoms with Crippen LogP contribution >= 0.6 is 0 Å². The second-order valence-corrected chi connectivity index (χ2v) is 7.34. The van der Waals surface area contributed by atoms with Gasteiger partial charge in [-0.3, -0.25) is 9.59 Å². The molecular formula is C18H25N5O3. The van der Waals surface area contributed by atoms with Gasteiger partial charge in [-0.2, -0.15) is 0 Å². The van der Waals surface area contributed by atoms with E-state index in [1.54, 1.807) is 24.6 Å². The third-order valence-electron chi connectivity index (χ3n) is 4.77. The van der Waals surface area contributed by atoms with E-state index in [1.165, 1.54) is 0 Å². The fourth-order valence-electron chi connectivity index (χ4n) is 2.88. The van der Waals surface area contributed by atoms with Crippen LogP contribution in [0.3, 0.4) is 0 Å². The Morgan fingerprint density at radius 2 is 2.12 bits per heavy atom. The first-order chi connectivity index (χ1) is 12.4. The third-order valence-corrected chi connectivity index (χ3v) is 4.77. The largest absolute Gasteiger partial charge is 0.360 e. The Kier molecular flexibility index (Phi) is 5.20. The molecule has 1 aliphatic carbocycles. The maximum Gasteiger partial charge on any atom is 0.293 e. The number of anilines is 1. The number of hydrogen-bond donors (Lipinski definition) is 1. The van der Waals surface area contributed by atoms with E-state index in [9.17, 15) is 9.59 Å². The number of aromatic nitrogens is 4. The lowest BCUT2D eigenvalue weighted by atomic mass is 10.1. The van der Waals surface area contributed by atoms with E-state index in [2.05, 4.69) is 25.2 Å². The van der Waals surface area contributed by atoms with Crippen molar-refractivity contribution < 1.29 is 9.42 Å². The Bertz CT molecular complexity index is 851. The molecule has 0 radical (unpaired) electrons. The SMILES string of the molecule is CC(=O)C(CC1CC1)n1cc(C(C)C)nc(NCc2nonc2C)c1=O. The van der Waals surface area contributed by atoms with E-state index in [0.29, 0.717) is 23.7 Å². The van der Waals surface area contributed by atoms with Gasteiger partial charge in [0.25, 0.3) is 5.56 Å². The van der Waals surface area contributed by atoms with E-state index >= 15 is 0 Å². The highest BCUT2D eigenvalue weighted by Gasteiger charge is 2.30. The first kappa shape index (κ1) is 18.3. The number of ketones is 1. The summed E-state index contributed by atoms with van der Waals surface area (Å²) < 4.78 is 6.24. The second-order valence-electron chi connectivity index (χ2n) is 7.34. The number of rotatable bonds is 8. The van der Waals surface area contributed by atoms with Gasteiger partial charge in [0, 0.05) is 6.20 Å². The van der Waals surface area contributed by atoms with Gasteiger partial charge < -0.3 is 9.88 Å². The lowest BCUT2D eigenvalue weighted by molar-refractivity contribution is -0.120. The highest BCUT2D eigenvalue weighted by atomic mass is 16.6. The first-order valence-corrected chi connectivity index (χ1v) is 9.02. The van der Waals surface area contributed by atoms with E-state index in [-0.39, 0.29) is 29.6 Å². The summed E-state index contributed by atoms with van der Waals surface area (Å²) in [5.41, 5.74) is 1.76. The van der Waals surface area contributed by atoms with Crippen molar-refractivity contribution in [1.29, 1.82) is 0 Å². The second kappa shape index (κ2) is 7.39. The molecule has 0 saturated heterocycles. The molecular weight excluding hydrogens is 334 g/mol. The maximum absolute atomic E-state index is 13.0. The van der Waals surface area contributed by atoms with Gasteiger partial charge in [0.1, 0.15) is 11.4 Å². The van der Waals surface area contributed by atoms with Gasteiger partial charge in [0.2, 0.25) is 0 Å². The van der Waals surface area contributed by atoms with E-state index in [4.69, 9.17) is 0 Å². The van der Waals surface area contributed by atoms with Gasteiger partial charge in [0.15, 0.2) is 11.6 Å². The minimum absolute atomic E-state index is 0.00222. The van der Waals surface area contributed by atoms with E-state index < -0.39 is 6.04 Å². The summed E-state index contributed by atoms with van der Waals surface area (Å²) in [6.45, 7) is 7.64. The predicted octanol–water partition coefficient (Wildman–Crippen LogP) is 2.60. The minimum Gasteiger partial charge on any atom is -0.360 e. The van der Waals surface area contributed by atoms with Crippen LogP contribution in [-0.2, 0) is 11.3 Å². The quantitative estimate of drug-likeness (QED) is 0.772. The van der Waals surface area contributed by atoms with Crippen LogP contribution in [0.1, 0.15) is 69.1 Å². The molecule has 0 amide bonds. The number of hydrogen-bond acceptors (Lipinski definition) is 7. The van der Waals surface area contributed by atoms with Crippen LogP contribution < -0.4 is 10.9 Å². The number of aryl methyl sites for hydroxylation is 1. The van der Waals surface area contributed by atoms with Crippen LogP contribution in [-0.4, -0.2) is 25.6 Å². The highest BCUT2D eigenvalue weighted by Crippen LogP contribution is 2.37. The van der Waals surface area contributed by atoms with Crippen molar-refractivity contribution in [2.24, 2.45) is 5.92 Å². The van der Waals surface area contributed by atoms with Crippen molar-refractivity contribution >= 4 is 11.6 Å². The van der Waals surface area contributed by atoms with Crippen molar-refractivity contribution in [1.82, 2.24) is 19.9 Å². The molecule has 8 heteroatoms. The fraction of sp³-hybridized carbons (Fsp3) is 0.611. The maximum atomic E-state index is 13.0. The van der Waals surface area contributed by atoms with Crippen molar-refractivity contribution in [3.05, 3.63) is 33.6 Å². The first-order valence-electron chi connectivity index (χ1n) is 9.02. The number of Topliss-reactive ketones (excluding diaryl/α,β-unsaturated/α-hetero) is 1. The van der Waals surface area contributed by atoms with Crippen LogP contribution in [0.4, 0.5) is 5.82 Å². The minimum atomic E-state index is -0.438. The monoisotopic (exact) mass is 359 g/mol. The number of carbonyl (C=O) groups is 1. The van der Waals surface area contributed by atoms with Crippen LogP contribution in [0.15, 0.2) is 15.6 Å². The van der Waals surface area contributed by atoms with Crippen molar-refractivity contribution in [3.63, 3.8) is 0 Å². The van der Waals surface area contributed by atoms with Crippen molar-refractivity contribution in [2.75, 3.05) is 5.32 Å².